The van der Waals surface area contributed by atoms with E-state index in [-0.39, 0.29) is 18.1 Å². The van der Waals surface area contributed by atoms with E-state index in [2.05, 4.69) is 41.0 Å². The highest BCUT2D eigenvalue weighted by atomic mass is 19.1. The van der Waals surface area contributed by atoms with Crippen molar-refractivity contribution in [3.8, 4) is 22.6 Å². The average molecular weight is 511 g/mol. The van der Waals surface area contributed by atoms with E-state index in [0.29, 0.717) is 28.8 Å². The van der Waals surface area contributed by atoms with Gasteiger partial charge < -0.3 is 20.5 Å². The molecule has 5 rings (SSSR count). The topological polar surface area (TPSA) is 131 Å². The molecule has 0 unspecified atom stereocenters. The highest BCUT2D eigenvalue weighted by molar-refractivity contribution is 5.92. The van der Waals surface area contributed by atoms with Crippen molar-refractivity contribution in [2.75, 3.05) is 17.7 Å². The van der Waals surface area contributed by atoms with E-state index in [9.17, 15) is 9.18 Å². The Bertz CT molecular complexity index is 1570. The van der Waals surface area contributed by atoms with Crippen LogP contribution >= 0.6 is 0 Å². The molecule has 0 saturated carbocycles. The van der Waals surface area contributed by atoms with Gasteiger partial charge in [-0.2, -0.15) is 0 Å². The van der Waals surface area contributed by atoms with Crippen molar-refractivity contribution in [3.05, 3.63) is 95.8 Å². The molecule has 0 atom stereocenters. The van der Waals surface area contributed by atoms with Crippen LogP contribution in [0.4, 0.5) is 21.9 Å². The van der Waals surface area contributed by atoms with Crippen molar-refractivity contribution in [2.45, 2.75) is 13.5 Å². The van der Waals surface area contributed by atoms with Crippen LogP contribution in [0.3, 0.4) is 0 Å². The average Bonchev–Trinajstić information content (AvgIpc) is 3.39. The van der Waals surface area contributed by atoms with Gasteiger partial charge in [-0.05, 0) is 24.6 Å². The minimum atomic E-state index is -0.785. The largest absolute Gasteiger partial charge is 0.357 e. The Labute approximate surface area is 217 Å². The molecule has 0 aliphatic carbocycles. The number of anilines is 3. The number of pyridine rings is 2. The van der Waals surface area contributed by atoms with E-state index < -0.39 is 11.7 Å². The van der Waals surface area contributed by atoms with Crippen molar-refractivity contribution in [1.82, 2.24) is 30.4 Å². The summed E-state index contributed by atoms with van der Waals surface area (Å²) < 4.78 is 20.0. The summed E-state index contributed by atoms with van der Waals surface area (Å²) in [5.74, 6) is 0.191. The molecule has 0 aliphatic heterocycles. The van der Waals surface area contributed by atoms with E-state index in [0.717, 1.165) is 16.8 Å². The molecule has 190 valence electrons. The van der Waals surface area contributed by atoms with Crippen molar-refractivity contribution in [1.29, 1.82) is 0 Å². The number of nitrogens with one attached hydrogen (secondary N) is 3. The number of aromatic nitrogens is 5. The van der Waals surface area contributed by atoms with Crippen LogP contribution in [0.15, 0.2) is 77.6 Å². The smallest absolute Gasteiger partial charge is 0.273 e. The molecule has 0 aliphatic rings. The number of aryl methyl sites for hydroxylation is 1. The summed E-state index contributed by atoms with van der Waals surface area (Å²) in [6, 6.07) is 18.1. The first-order valence-corrected chi connectivity index (χ1v) is 11.7. The van der Waals surface area contributed by atoms with Crippen LogP contribution < -0.4 is 16.0 Å². The van der Waals surface area contributed by atoms with Crippen LogP contribution in [0.1, 0.15) is 21.7 Å². The molecular weight excluding hydrogens is 487 g/mol. The summed E-state index contributed by atoms with van der Waals surface area (Å²) in [4.78, 5) is 29.9. The van der Waals surface area contributed by atoms with Crippen molar-refractivity contribution in [3.63, 3.8) is 0 Å². The zero-order valence-electron chi connectivity index (χ0n) is 20.6. The summed E-state index contributed by atoms with van der Waals surface area (Å²) in [5.41, 5.74) is 3.24. The fourth-order valence-electron chi connectivity index (χ4n) is 3.65. The lowest BCUT2D eigenvalue weighted by Crippen LogP contribution is -2.25. The van der Waals surface area contributed by atoms with Gasteiger partial charge in [-0.1, -0.05) is 41.6 Å². The van der Waals surface area contributed by atoms with Crippen molar-refractivity contribution < 1.29 is 13.7 Å². The molecule has 0 radical (unpaired) electrons. The Morgan fingerprint density at radius 3 is 2.50 bits per heavy atom. The maximum absolute atomic E-state index is 14.9. The summed E-state index contributed by atoms with van der Waals surface area (Å²) in [7, 11) is 1.71. The Hall–Kier alpha value is -5.19. The fourth-order valence-corrected chi connectivity index (χ4v) is 3.65. The van der Waals surface area contributed by atoms with Crippen molar-refractivity contribution >= 4 is 23.4 Å². The lowest BCUT2D eigenvalue weighted by Gasteiger charge is -2.09. The van der Waals surface area contributed by atoms with Gasteiger partial charge in [0.15, 0.2) is 23.2 Å². The summed E-state index contributed by atoms with van der Waals surface area (Å²) >= 11 is 0. The molecule has 10 nitrogen and oxygen atoms in total. The molecule has 0 saturated heterocycles. The Morgan fingerprint density at radius 1 is 0.947 bits per heavy atom. The quantitative estimate of drug-likeness (QED) is 0.271. The van der Waals surface area contributed by atoms with Crippen LogP contribution in [-0.4, -0.2) is 38.0 Å². The second-order valence-electron chi connectivity index (χ2n) is 8.32. The van der Waals surface area contributed by atoms with Crippen LogP contribution in [0.2, 0.25) is 0 Å². The monoisotopic (exact) mass is 510 g/mol. The van der Waals surface area contributed by atoms with Crippen LogP contribution in [0, 0.1) is 12.7 Å². The summed E-state index contributed by atoms with van der Waals surface area (Å²) in [6.45, 7) is 1.96. The van der Waals surface area contributed by atoms with E-state index in [1.807, 2.05) is 42.5 Å². The standard InChI is InChI=1S/C27H23FN8O2/c1-16-10-22(34-23-12-24(29-2)38-36-23)35-26(33-16)19-11-20(28)25(31-15-19)27(37)32-14-17-8-9-21(30-13-17)18-6-4-3-5-7-18/h3-13,15,29H,14H2,1-2H3,(H,32,37)(H,33,34,35,36). The molecule has 4 aromatic heterocycles. The highest BCUT2D eigenvalue weighted by Gasteiger charge is 2.16. The molecule has 11 heteroatoms. The first-order chi connectivity index (χ1) is 18.5. The van der Waals surface area contributed by atoms with Gasteiger partial charge in [-0.25, -0.2) is 19.3 Å². The maximum atomic E-state index is 14.9. The van der Waals surface area contributed by atoms with E-state index >= 15 is 0 Å². The molecule has 1 amide bonds. The number of hydrogen-bond acceptors (Lipinski definition) is 9. The van der Waals surface area contributed by atoms with Gasteiger partial charge in [0.1, 0.15) is 5.82 Å². The molecule has 3 N–H and O–H groups in total. The van der Waals surface area contributed by atoms with E-state index in [1.165, 1.54) is 12.3 Å². The van der Waals surface area contributed by atoms with Crippen LogP contribution in [0.25, 0.3) is 22.6 Å². The van der Waals surface area contributed by atoms with Crippen LogP contribution in [-0.2, 0) is 6.54 Å². The second kappa shape index (κ2) is 10.8. The molecule has 4 heterocycles. The minimum Gasteiger partial charge on any atom is -0.357 e. The van der Waals surface area contributed by atoms with Gasteiger partial charge in [-0.15, -0.1) is 0 Å². The van der Waals surface area contributed by atoms with Gasteiger partial charge in [0.2, 0.25) is 5.88 Å². The molecule has 1 aromatic carbocycles. The van der Waals surface area contributed by atoms with E-state index in [4.69, 9.17) is 4.52 Å². The summed E-state index contributed by atoms with van der Waals surface area (Å²) in [6.07, 6.45) is 3.04. The zero-order valence-corrected chi connectivity index (χ0v) is 20.6. The van der Waals surface area contributed by atoms with Gasteiger partial charge in [0.25, 0.3) is 5.91 Å². The second-order valence-corrected chi connectivity index (χ2v) is 8.32. The fraction of sp³-hybridized carbons (Fsp3) is 0.111. The zero-order chi connectivity index (χ0) is 26.5. The molecule has 0 fully saturated rings. The highest BCUT2D eigenvalue weighted by Crippen LogP contribution is 2.23. The molecule has 0 spiro atoms. The molecule has 0 bridgehead atoms. The first-order valence-electron chi connectivity index (χ1n) is 11.7. The third-order valence-corrected chi connectivity index (χ3v) is 5.53. The van der Waals surface area contributed by atoms with Gasteiger partial charge >= 0.3 is 0 Å². The molecular formula is C27H23FN8O2. The van der Waals surface area contributed by atoms with E-state index in [1.54, 1.807) is 32.3 Å². The number of nitrogens with zero attached hydrogens (tertiary/aromatic N) is 5. The number of rotatable bonds is 8. The lowest BCUT2D eigenvalue weighted by molar-refractivity contribution is 0.0941. The molecule has 38 heavy (non-hydrogen) atoms. The Balaban J connectivity index is 1.26. The summed E-state index contributed by atoms with van der Waals surface area (Å²) in [5, 5.41) is 12.4. The number of hydrogen-bond donors (Lipinski definition) is 3. The third kappa shape index (κ3) is 5.62. The SMILES string of the molecule is CNc1cc(Nc2cc(C)nc(-c3cnc(C(=O)NCc4ccc(-c5ccccc5)nc4)c(F)c3)n2)no1. The van der Waals surface area contributed by atoms with Gasteiger partial charge in [0.05, 0.1) is 5.69 Å². The maximum Gasteiger partial charge on any atom is 0.273 e. The van der Waals surface area contributed by atoms with Crippen LogP contribution in [0.5, 0.6) is 0 Å². The van der Waals surface area contributed by atoms with Gasteiger partial charge in [0, 0.05) is 54.9 Å². The number of carbonyl (C=O) groups excluding carboxylic acids is 1. The number of benzene rings is 1. The Morgan fingerprint density at radius 2 is 1.79 bits per heavy atom. The third-order valence-electron chi connectivity index (χ3n) is 5.53. The number of amides is 1. The lowest BCUT2D eigenvalue weighted by atomic mass is 10.1. The predicted octanol–water partition coefficient (Wildman–Crippen LogP) is 4.75. The van der Waals surface area contributed by atoms with Gasteiger partial charge in [-0.3, -0.25) is 9.78 Å². The first kappa shape index (κ1) is 24.5. The minimum absolute atomic E-state index is 0.178. The predicted molar refractivity (Wildman–Crippen MR) is 140 cm³/mol. The normalized spacial score (nSPS) is 10.7. The number of halogens is 1. The molecule has 5 aromatic rings. The van der Waals surface area contributed by atoms with Crippen molar-refractivity contribution in [2.24, 2.45) is 0 Å². The number of carbonyl (C=O) groups is 1. The Kier molecular flexibility index (Phi) is 6.98.